The van der Waals surface area contributed by atoms with Gasteiger partial charge in [-0.2, -0.15) is 0 Å². The Balaban J connectivity index is 1.95. The second kappa shape index (κ2) is 4.94. The van der Waals surface area contributed by atoms with Gasteiger partial charge in [0.05, 0.1) is 0 Å². The lowest BCUT2D eigenvalue weighted by molar-refractivity contribution is 0.484. The zero-order chi connectivity index (χ0) is 13.2. The molecule has 0 bridgehead atoms. The van der Waals surface area contributed by atoms with Gasteiger partial charge in [-0.3, -0.25) is 0 Å². The SMILES string of the molecule is Nc1cccc(Oc2ccc3cc(Br)ccc3c2)c1. The summed E-state index contributed by atoms with van der Waals surface area (Å²) in [6.45, 7) is 0. The quantitative estimate of drug-likeness (QED) is 0.677. The van der Waals surface area contributed by atoms with Crippen LogP contribution in [0.15, 0.2) is 65.1 Å². The monoisotopic (exact) mass is 313 g/mol. The lowest BCUT2D eigenvalue weighted by Crippen LogP contribution is -1.87. The van der Waals surface area contributed by atoms with Crippen LogP contribution in [0.5, 0.6) is 11.5 Å². The number of hydrogen-bond donors (Lipinski definition) is 1. The third kappa shape index (κ3) is 2.71. The minimum Gasteiger partial charge on any atom is -0.457 e. The van der Waals surface area contributed by atoms with Gasteiger partial charge in [-0.25, -0.2) is 0 Å². The highest BCUT2D eigenvalue weighted by Gasteiger charge is 2.00. The molecule has 0 aliphatic rings. The van der Waals surface area contributed by atoms with Gasteiger partial charge in [0, 0.05) is 16.2 Å². The van der Waals surface area contributed by atoms with Gasteiger partial charge in [0.25, 0.3) is 0 Å². The normalized spacial score (nSPS) is 10.6. The van der Waals surface area contributed by atoms with E-state index in [1.54, 1.807) is 0 Å². The fraction of sp³-hybridized carbons (Fsp3) is 0. The van der Waals surface area contributed by atoms with Crippen molar-refractivity contribution < 1.29 is 4.74 Å². The summed E-state index contributed by atoms with van der Waals surface area (Å²) in [4.78, 5) is 0. The molecule has 3 rings (SSSR count). The van der Waals surface area contributed by atoms with Crippen molar-refractivity contribution in [1.82, 2.24) is 0 Å². The summed E-state index contributed by atoms with van der Waals surface area (Å²) in [5.74, 6) is 1.55. The fourth-order valence-corrected chi connectivity index (χ4v) is 2.35. The van der Waals surface area contributed by atoms with Crippen LogP contribution in [0.2, 0.25) is 0 Å². The van der Waals surface area contributed by atoms with Gasteiger partial charge in [-0.15, -0.1) is 0 Å². The van der Waals surface area contributed by atoms with Crippen molar-refractivity contribution in [2.45, 2.75) is 0 Å². The average molecular weight is 314 g/mol. The predicted octanol–water partition coefficient (Wildman–Crippen LogP) is 4.98. The number of anilines is 1. The van der Waals surface area contributed by atoms with Crippen molar-refractivity contribution in [3.05, 3.63) is 65.1 Å². The molecule has 19 heavy (non-hydrogen) atoms. The zero-order valence-electron chi connectivity index (χ0n) is 10.1. The molecule has 0 radical (unpaired) electrons. The molecule has 0 fully saturated rings. The van der Waals surface area contributed by atoms with Gasteiger partial charge in [0.15, 0.2) is 0 Å². The zero-order valence-corrected chi connectivity index (χ0v) is 11.7. The van der Waals surface area contributed by atoms with Crippen molar-refractivity contribution in [2.75, 3.05) is 5.73 Å². The van der Waals surface area contributed by atoms with E-state index in [1.165, 1.54) is 5.39 Å². The van der Waals surface area contributed by atoms with Crippen molar-refractivity contribution in [3.8, 4) is 11.5 Å². The van der Waals surface area contributed by atoms with E-state index >= 15 is 0 Å². The Labute approximate surface area is 119 Å². The Bertz CT molecular complexity index is 740. The first-order chi connectivity index (χ1) is 9.20. The number of ether oxygens (including phenoxy) is 1. The van der Waals surface area contributed by atoms with Crippen LogP contribution < -0.4 is 10.5 Å². The highest BCUT2D eigenvalue weighted by atomic mass is 79.9. The molecule has 0 spiro atoms. The Hall–Kier alpha value is -2.00. The van der Waals surface area contributed by atoms with E-state index < -0.39 is 0 Å². The second-order valence-corrected chi connectivity index (χ2v) is 5.24. The lowest BCUT2D eigenvalue weighted by Gasteiger charge is -2.07. The van der Waals surface area contributed by atoms with Crippen LogP contribution in [0.3, 0.4) is 0 Å². The molecule has 0 aliphatic heterocycles. The fourth-order valence-electron chi connectivity index (χ4n) is 1.97. The standard InChI is InChI=1S/C16H12BrNO/c17-13-6-4-12-9-16(7-5-11(12)8-13)19-15-3-1-2-14(18)10-15/h1-10H,18H2. The predicted molar refractivity (Wildman–Crippen MR) is 82.6 cm³/mol. The number of fused-ring (bicyclic) bond motifs is 1. The maximum absolute atomic E-state index is 5.81. The van der Waals surface area contributed by atoms with Gasteiger partial charge in [0.2, 0.25) is 0 Å². The van der Waals surface area contributed by atoms with Crippen molar-refractivity contribution in [2.24, 2.45) is 0 Å². The molecule has 0 amide bonds. The van der Waals surface area contributed by atoms with Gasteiger partial charge in [-0.1, -0.05) is 34.1 Å². The second-order valence-electron chi connectivity index (χ2n) is 4.33. The highest BCUT2D eigenvalue weighted by molar-refractivity contribution is 9.10. The number of halogens is 1. The Morgan fingerprint density at radius 3 is 2.37 bits per heavy atom. The summed E-state index contributed by atoms with van der Waals surface area (Å²) in [5, 5.41) is 2.32. The van der Waals surface area contributed by atoms with Gasteiger partial charge in [0.1, 0.15) is 11.5 Å². The van der Waals surface area contributed by atoms with Crippen molar-refractivity contribution in [1.29, 1.82) is 0 Å². The van der Waals surface area contributed by atoms with Gasteiger partial charge in [-0.05, 0) is 47.2 Å². The molecular weight excluding hydrogens is 302 g/mol. The number of rotatable bonds is 2. The van der Waals surface area contributed by atoms with Crippen molar-refractivity contribution in [3.63, 3.8) is 0 Å². The summed E-state index contributed by atoms with van der Waals surface area (Å²) >= 11 is 3.47. The largest absolute Gasteiger partial charge is 0.457 e. The number of benzene rings is 3. The molecule has 0 saturated heterocycles. The number of hydrogen-bond acceptors (Lipinski definition) is 2. The molecule has 2 nitrogen and oxygen atoms in total. The Kier molecular flexibility index (Phi) is 3.13. The molecule has 0 unspecified atom stereocenters. The first-order valence-corrected chi connectivity index (χ1v) is 6.73. The first-order valence-electron chi connectivity index (χ1n) is 5.93. The lowest BCUT2D eigenvalue weighted by atomic mass is 10.1. The molecular formula is C16H12BrNO. The van der Waals surface area contributed by atoms with E-state index in [1.807, 2.05) is 48.5 Å². The van der Waals surface area contributed by atoms with Crippen LogP contribution in [-0.2, 0) is 0 Å². The number of nitrogens with two attached hydrogens (primary N) is 1. The summed E-state index contributed by atoms with van der Waals surface area (Å²) in [6.07, 6.45) is 0. The maximum atomic E-state index is 5.81. The van der Waals surface area contributed by atoms with E-state index in [0.29, 0.717) is 5.69 Å². The highest BCUT2D eigenvalue weighted by Crippen LogP contribution is 2.28. The third-order valence-corrected chi connectivity index (χ3v) is 3.36. The molecule has 0 saturated carbocycles. The molecule has 0 atom stereocenters. The Morgan fingerprint density at radius 1 is 0.789 bits per heavy atom. The van der Waals surface area contributed by atoms with E-state index in [9.17, 15) is 0 Å². The average Bonchev–Trinajstić information content (AvgIpc) is 2.39. The molecule has 94 valence electrons. The molecule has 0 aliphatic carbocycles. The number of nitrogen functional groups attached to an aromatic ring is 1. The molecule has 3 aromatic rings. The maximum Gasteiger partial charge on any atom is 0.129 e. The molecule has 2 N–H and O–H groups in total. The van der Waals surface area contributed by atoms with E-state index in [-0.39, 0.29) is 0 Å². The van der Waals surface area contributed by atoms with Crippen LogP contribution in [0.1, 0.15) is 0 Å². The Morgan fingerprint density at radius 2 is 1.53 bits per heavy atom. The van der Waals surface area contributed by atoms with Gasteiger partial charge < -0.3 is 10.5 Å². The van der Waals surface area contributed by atoms with Crippen molar-refractivity contribution >= 4 is 32.4 Å². The van der Waals surface area contributed by atoms with E-state index in [0.717, 1.165) is 21.4 Å². The summed E-state index contributed by atoms with van der Waals surface area (Å²) in [6, 6.07) is 19.6. The molecule has 0 aromatic heterocycles. The molecule has 0 heterocycles. The first kappa shape index (κ1) is 12.1. The van der Waals surface area contributed by atoms with Crippen LogP contribution in [-0.4, -0.2) is 0 Å². The van der Waals surface area contributed by atoms with Crippen LogP contribution in [0, 0.1) is 0 Å². The summed E-state index contributed by atoms with van der Waals surface area (Å²) in [7, 11) is 0. The molecule has 3 heteroatoms. The van der Waals surface area contributed by atoms with E-state index in [4.69, 9.17) is 10.5 Å². The molecule has 3 aromatic carbocycles. The smallest absolute Gasteiger partial charge is 0.129 e. The third-order valence-electron chi connectivity index (χ3n) is 2.87. The van der Waals surface area contributed by atoms with E-state index in [2.05, 4.69) is 28.1 Å². The minimum absolute atomic E-state index is 0.696. The summed E-state index contributed by atoms with van der Waals surface area (Å²) in [5.41, 5.74) is 6.43. The van der Waals surface area contributed by atoms with Crippen LogP contribution in [0.4, 0.5) is 5.69 Å². The topological polar surface area (TPSA) is 35.2 Å². The summed E-state index contributed by atoms with van der Waals surface area (Å²) < 4.78 is 6.88. The minimum atomic E-state index is 0.696. The van der Waals surface area contributed by atoms with Gasteiger partial charge >= 0.3 is 0 Å². The van der Waals surface area contributed by atoms with Crippen LogP contribution in [0.25, 0.3) is 10.8 Å². The van der Waals surface area contributed by atoms with Crippen LogP contribution >= 0.6 is 15.9 Å².